The number of ether oxygens (including phenoxy) is 1. The summed E-state index contributed by atoms with van der Waals surface area (Å²) in [5.41, 5.74) is 1.27. The first-order valence-corrected chi connectivity index (χ1v) is 13.8. The van der Waals surface area contributed by atoms with E-state index in [9.17, 15) is 9.90 Å². The van der Waals surface area contributed by atoms with Gasteiger partial charge in [0, 0.05) is 18.5 Å². The maximum Gasteiger partial charge on any atom is 0.226 e. The van der Waals surface area contributed by atoms with Crippen molar-refractivity contribution in [3.05, 3.63) is 11.6 Å². The molecule has 4 heterocycles. The number of halogens is 1. The number of amides is 1. The number of carbonyl (C=O) groups excluding carboxylic acids is 1. The second-order valence-electron chi connectivity index (χ2n) is 12.0. The van der Waals surface area contributed by atoms with Crippen LogP contribution in [-0.4, -0.2) is 54.8 Å². The topological polar surface area (TPSA) is 114 Å². The largest absolute Gasteiger partial charge is 0.394 e. The number of aromatic nitrogens is 4. The summed E-state index contributed by atoms with van der Waals surface area (Å²) in [6, 6.07) is 0.138. The van der Waals surface area contributed by atoms with Crippen molar-refractivity contribution >= 4 is 34.5 Å². The molecular weight excluding hydrogens is 480 g/mol. The molecule has 10 heteroatoms. The van der Waals surface area contributed by atoms with Gasteiger partial charge in [0.05, 0.1) is 18.5 Å². The molecule has 3 N–H and O–H groups in total. The third kappa shape index (κ3) is 3.80. The minimum absolute atomic E-state index is 0.0242. The van der Waals surface area contributed by atoms with Crippen LogP contribution in [0, 0.1) is 23.2 Å². The van der Waals surface area contributed by atoms with Gasteiger partial charge in [0.15, 0.2) is 17.0 Å². The molecule has 196 valence electrons. The van der Waals surface area contributed by atoms with Crippen LogP contribution in [0.25, 0.3) is 11.2 Å². The van der Waals surface area contributed by atoms with Crippen molar-refractivity contribution in [3.8, 4) is 0 Å². The number of rotatable bonds is 4. The highest BCUT2D eigenvalue weighted by Crippen LogP contribution is 2.61. The zero-order valence-corrected chi connectivity index (χ0v) is 22.1. The molecule has 36 heavy (non-hydrogen) atoms. The summed E-state index contributed by atoms with van der Waals surface area (Å²) < 4.78 is 8.94. The van der Waals surface area contributed by atoms with Gasteiger partial charge in [-0.1, -0.05) is 6.92 Å². The van der Waals surface area contributed by atoms with Crippen LogP contribution in [0.4, 0.5) is 5.82 Å². The second kappa shape index (κ2) is 8.81. The first-order valence-electron chi connectivity index (χ1n) is 13.5. The highest BCUT2D eigenvalue weighted by atomic mass is 35.5. The molecule has 2 saturated heterocycles. The lowest BCUT2D eigenvalue weighted by Crippen LogP contribution is -2.63. The van der Waals surface area contributed by atoms with E-state index in [0.29, 0.717) is 47.2 Å². The maximum atomic E-state index is 12.1. The average Bonchev–Trinajstić information content (AvgIpc) is 3.27. The van der Waals surface area contributed by atoms with E-state index in [1.165, 1.54) is 0 Å². The summed E-state index contributed by atoms with van der Waals surface area (Å²) in [4.78, 5) is 25.5. The van der Waals surface area contributed by atoms with Gasteiger partial charge < -0.3 is 20.5 Å². The Hall–Kier alpha value is -1.97. The fourth-order valence-electron chi connectivity index (χ4n) is 8.02. The molecule has 0 radical (unpaired) electrons. The van der Waals surface area contributed by atoms with Gasteiger partial charge >= 0.3 is 0 Å². The third-order valence-electron chi connectivity index (χ3n) is 9.92. The van der Waals surface area contributed by atoms with Crippen molar-refractivity contribution < 1.29 is 14.6 Å². The minimum atomic E-state index is -0.203. The second-order valence-corrected chi connectivity index (χ2v) is 12.3. The predicted molar refractivity (Wildman–Crippen MR) is 136 cm³/mol. The zero-order valence-electron chi connectivity index (χ0n) is 21.3. The summed E-state index contributed by atoms with van der Waals surface area (Å²) in [7, 11) is 0. The average molecular weight is 517 g/mol. The van der Waals surface area contributed by atoms with Gasteiger partial charge in [-0.25, -0.2) is 4.98 Å². The van der Waals surface area contributed by atoms with E-state index in [1.807, 2.05) is 11.5 Å². The SMILES string of the molecule is CC(CO)Nc1nc(Cl)nc2c1ncn2[C@@H]1CCC2C3CCC4NC(=O)CC[C@]4(C)C3CC[C@]2(C)O1. The Labute approximate surface area is 216 Å². The fraction of sp³-hybridized carbons (Fsp3) is 0.769. The lowest BCUT2D eigenvalue weighted by atomic mass is 9.48. The molecule has 2 aromatic heterocycles. The number of piperidine rings is 1. The Morgan fingerprint density at radius 3 is 2.86 bits per heavy atom. The van der Waals surface area contributed by atoms with E-state index in [0.717, 1.165) is 44.9 Å². The van der Waals surface area contributed by atoms with Crippen LogP contribution in [0.15, 0.2) is 6.33 Å². The van der Waals surface area contributed by atoms with Crippen LogP contribution in [0.3, 0.4) is 0 Å². The smallest absolute Gasteiger partial charge is 0.226 e. The monoisotopic (exact) mass is 516 g/mol. The Balaban J connectivity index is 1.25. The number of hydrogen-bond acceptors (Lipinski definition) is 7. The Kier molecular flexibility index (Phi) is 5.96. The molecule has 2 aromatic rings. The van der Waals surface area contributed by atoms with E-state index in [-0.39, 0.29) is 41.1 Å². The van der Waals surface area contributed by atoms with Crippen molar-refractivity contribution in [1.82, 2.24) is 24.8 Å². The molecule has 4 fully saturated rings. The molecule has 5 unspecified atom stereocenters. The summed E-state index contributed by atoms with van der Waals surface area (Å²) in [5, 5.41) is 16.1. The van der Waals surface area contributed by atoms with E-state index < -0.39 is 0 Å². The first kappa shape index (κ1) is 24.4. The van der Waals surface area contributed by atoms with Crippen molar-refractivity contribution in [2.24, 2.45) is 23.2 Å². The normalized spacial score (nSPS) is 39.0. The summed E-state index contributed by atoms with van der Waals surface area (Å²) in [6.07, 6.45) is 9.66. The van der Waals surface area contributed by atoms with Gasteiger partial charge in [0.1, 0.15) is 6.23 Å². The van der Waals surface area contributed by atoms with Gasteiger partial charge in [0.2, 0.25) is 11.2 Å². The fourth-order valence-corrected chi connectivity index (χ4v) is 8.19. The van der Waals surface area contributed by atoms with Crippen molar-refractivity contribution in [2.45, 2.75) is 96.1 Å². The van der Waals surface area contributed by atoms with Crippen molar-refractivity contribution in [3.63, 3.8) is 0 Å². The molecule has 2 aliphatic carbocycles. The summed E-state index contributed by atoms with van der Waals surface area (Å²) in [5.74, 6) is 2.53. The first-order chi connectivity index (χ1) is 17.2. The molecule has 2 aliphatic heterocycles. The molecule has 2 saturated carbocycles. The summed E-state index contributed by atoms with van der Waals surface area (Å²) >= 11 is 6.28. The molecule has 0 spiro atoms. The van der Waals surface area contributed by atoms with Gasteiger partial charge in [-0.2, -0.15) is 9.97 Å². The number of nitrogens with zero attached hydrogens (tertiary/aromatic N) is 4. The molecule has 9 nitrogen and oxygen atoms in total. The van der Waals surface area contributed by atoms with Crippen LogP contribution in [0.5, 0.6) is 0 Å². The molecule has 4 aliphatic rings. The van der Waals surface area contributed by atoms with E-state index in [1.54, 1.807) is 6.33 Å². The number of carbonyl (C=O) groups is 1. The molecule has 0 aromatic carbocycles. The molecular formula is C26H37ClN6O3. The standard InChI is InChI=1S/C26H37ClN6O3/c1-14(12-34)29-22-21-23(32-24(27)31-22)33(13-28-21)20-7-5-17-15-4-6-18-25(2,10-9-19(35)30-18)16(15)8-11-26(17,3)36-20/h13-18,20,34H,4-12H2,1-3H3,(H,30,35)(H,29,31,32)/t14?,15?,16?,17?,18?,20-,25+,26-/m0/s1. The Morgan fingerprint density at radius 2 is 2.06 bits per heavy atom. The van der Waals surface area contributed by atoms with E-state index in [2.05, 4.69) is 39.4 Å². The lowest BCUT2D eigenvalue weighted by molar-refractivity contribution is -0.231. The van der Waals surface area contributed by atoms with Crippen molar-refractivity contribution in [2.75, 3.05) is 11.9 Å². The lowest BCUT2D eigenvalue weighted by Gasteiger charge is -2.62. The number of hydrogen-bond donors (Lipinski definition) is 3. The maximum absolute atomic E-state index is 12.1. The summed E-state index contributed by atoms with van der Waals surface area (Å²) in [6.45, 7) is 6.57. The van der Waals surface area contributed by atoms with E-state index in [4.69, 9.17) is 16.3 Å². The van der Waals surface area contributed by atoms with Crippen LogP contribution in [0.2, 0.25) is 5.28 Å². The van der Waals surface area contributed by atoms with Crippen LogP contribution in [-0.2, 0) is 9.53 Å². The van der Waals surface area contributed by atoms with E-state index >= 15 is 0 Å². The highest BCUT2D eigenvalue weighted by Gasteiger charge is 2.59. The Morgan fingerprint density at radius 1 is 1.22 bits per heavy atom. The Bertz CT molecular complexity index is 1170. The minimum Gasteiger partial charge on any atom is -0.394 e. The van der Waals surface area contributed by atoms with Gasteiger partial charge in [0.25, 0.3) is 0 Å². The molecule has 1 amide bonds. The quantitative estimate of drug-likeness (QED) is 0.525. The van der Waals surface area contributed by atoms with Crippen LogP contribution >= 0.6 is 11.6 Å². The van der Waals surface area contributed by atoms with Gasteiger partial charge in [-0.15, -0.1) is 0 Å². The van der Waals surface area contributed by atoms with Crippen LogP contribution in [0.1, 0.15) is 78.4 Å². The number of fused-ring (bicyclic) bond motifs is 6. The number of aliphatic hydroxyl groups is 1. The van der Waals surface area contributed by atoms with Gasteiger partial charge in [-0.05, 0) is 93.6 Å². The number of anilines is 1. The number of imidazole rings is 1. The number of aliphatic hydroxyl groups excluding tert-OH is 1. The van der Waals surface area contributed by atoms with Gasteiger partial charge in [-0.3, -0.25) is 9.36 Å². The zero-order chi connectivity index (χ0) is 25.2. The third-order valence-corrected chi connectivity index (χ3v) is 10.1. The van der Waals surface area contributed by atoms with Crippen LogP contribution < -0.4 is 10.6 Å². The molecule has 8 atom stereocenters. The molecule has 0 bridgehead atoms. The van der Waals surface area contributed by atoms with Crippen molar-refractivity contribution in [1.29, 1.82) is 0 Å². The highest BCUT2D eigenvalue weighted by molar-refractivity contribution is 6.28. The molecule has 6 rings (SSSR count). The number of nitrogens with one attached hydrogen (secondary N) is 2. The predicted octanol–water partition coefficient (Wildman–Crippen LogP) is 4.06.